The zero-order valence-electron chi connectivity index (χ0n) is 6.39. The van der Waals surface area contributed by atoms with Gasteiger partial charge in [0.25, 0.3) is 0 Å². The van der Waals surface area contributed by atoms with Crippen LogP contribution in [0.5, 0.6) is 0 Å². The summed E-state index contributed by atoms with van der Waals surface area (Å²) in [5.41, 5.74) is 0. The van der Waals surface area contributed by atoms with Gasteiger partial charge in [-0.3, -0.25) is 4.55 Å². The van der Waals surface area contributed by atoms with E-state index in [2.05, 4.69) is 0 Å². The molecule has 0 amide bonds. The van der Waals surface area contributed by atoms with Crippen LogP contribution in [0, 0.1) is 10.7 Å². The van der Waals surface area contributed by atoms with Crippen LogP contribution in [0.25, 0.3) is 0 Å². The third-order valence-electron chi connectivity index (χ3n) is 1.33. The minimum atomic E-state index is -4.92. The van der Waals surface area contributed by atoms with E-state index in [0.29, 0.717) is 0 Å². The summed E-state index contributed by atoms with van der Waals surface area (Å²) in [6.45, 7) is 0. The minimum absolute atomic E-state index is 1.01. The molecule has 0 bridgehead atoms. The van der Waals surface area contributed by atoms with Gasteiger partial charge in [-0.15, -0.1) is 0 Å². The van der Waals surface area contributed by atoms with E-state index in [4.69, 9.17) is 22.3 Å². The van der Waals surface area contributed by atoms with Crippen molar-refractivity contribution in [2.45, 2.75) is 19.3 Å². The SMILES string of the molecule is N=[S+]CCC1CC1.O=S(=O)([O-])O. The molecule has 0 radical (unpaired) electrons. The molecule has 0 aliphatic heterocycles. The first-order chi connectivity index (χ1) is 5.43. The molecule has 12 heavy (non-hydrogen) atoms. The van der Waals surface area contributed by atoms with Crippen molar-refractivity contribution in [3.63, 3.8) is 0 Å². The van der Waals surface area contributed by atoms with Gasteiger partial charge in [-0.1, -0.05) is 0 Å². The van der Waals surface area contributed by atoms with E-state index >= 15 is 0 Å². The van der Waals surface area contributed by atoms with Crippen LogP contribution in [0.1, 0.15) is 19.3 Å². The molecule has 2 N–H and O–H groups in total. The van der Waals surface area contributed by atoms with Crippen molar-refractivity contribution in [1.82, 2.24) is 0 Å². The van der Waals surface area contributed by atoms with Gasteiger partial charge in [-0.2, -0.15) is 0 Å². The summed E-state index contributed by atoms with van der Waals surface area (Å²) in [6, 6.07) is 0. The fourth-order valence-electron chi connectivity index (χ4n) is 0.632. The lowest BCUT2D eigenvalue weighted by atomic mass is 10.3. The molecule has 0 aromatic heterocycles. The fourth-order valence-corrected chi connectivity index (χ4v) is 1.08. The number of hydrogen-bond donors (Lipinski definition) is 2. The standard InChI is InChI=1S/C5H10NS.H2O4S/c6-7-4-3-5-1-2-5;1-5(2,3)4/h5-6H,1-4H2;(H2,1,2,3,4)/q+1;/p-1. The Balaban J connectivity index is 0.000000217. The second-order valence-corrected chi connectivity index (χ2v) is 4.06. The van der Waals surface area contributed by atoms with Crippen molar-refractivity contribution in [3.8, 4) is 0 Å². The molecule has 0 aromatic carbocycles. The maximum Gasteiger partial charge on any atom is 0.307 e. The molecule has 0 spiro atoms. The van der Waals surface area contributed by atoms with Crippen molar-refractivity contribution in [1.29, 1.82) is 4.78 Å². The highest BCUT2D eigenvalue weighted by Gasteiger charge is 2.22. The lowest BCUT2D eigenvalue weighted by molar-refractivity contribution is 0.366. The molecule has 0 heterocycles. The van der Waals surface area contributed by atoms with Crippen LogP contribution in [-0.4, -0.2) is 23.3 Å². The van der Waals surface area contributed by atoms with Crippen LogP contribution in [-0.2, 0) is 22.0 Å². The van der Waals surface area contributed by atoms with Gasteiger partial charge >= 0.3 is 11.6 Å². The Kier molecular flexibility index (Phi) is 5.47. The summed E-state index contributed by atoms with van der Waals surface area (Å²) >= 11 is 1.22. The van der Waals surface area contributed by atoms with Gasteiger partial charge < -0.3 is 4.55 Å². The molecule has 7 heteroatoms. The highest BCUT2D eigenvalue weighted by molar-refractivity contribution is 7.79. The molecule has 0 unspecified atom stereocenters. The molecule has 1 saturated carbocycles. The summed E-state index contributed by atoms with van der Waals surface area (Å²) in [6.07, 6.45) is 4.15. The zero-order chi connectivity index (χ0) is 9.61. The van der Waals surface area contributed by atoms with Crippen LogP contribution >= 0.6 is 0 Å². The monoisotopic (exact) mass is 213 g/mol. The molecule has 72 valence electrons. The van der Waals surface area contributed by atoms with E-state index in [1.165, 1.54) is 30.8 Å². The average molecular weight is 213 g/mol. The molecule has 5 nitrogen and oxygen atoms in total. The average Bonchev–Trinajstić information content (AvgIpc) is 2.61. The van der Waals surface area contributed by atoms with Gasteiger partial charge in [0.2, 0.25) is 16.2 Å². The van der Waals surface area contributed by atoms with E-state index in [9.17, 15) is 0 Å². The smallest absolute Gasteiger partial charge is 0.307 e. The molecular formula is C5H11NO4S2. The molecular weight excluding hydrogens is 202 g/mol. The summed E-state index contributed by atoms with van der Waals surface area (Å²) in [5.74, 6) is 2.06. The van der Waals surface area contributed by atoms with Gasteiger partial charge in [-0.05, 0) is 23.5 Å². The fraction of sp³-hybridized carbons (Fsp3) is 1.00. The van der Waals surface area contributed by atoms with Crippen molar-refractivity contribution in [3.05, 3.63) is 0 Å². The van der Waals surface area contributed by atoms with E-state index < -0.39 is 10.4 Å². The molecule has 1 aliphatic carbocycles. The summed E-state index contributed by atoms with van der Waals surface area (Å²) in [5, 5.41) is 0. The topological polar surface area (TPSA) is 101 Å². The van der Waals surface area contributed by atoms with E-state index in [1.807, 2.05) is 0 Å². The Labute approximate surface area is 75.7 Å². The van der Waals surface area contributed by atoms with Crippen molar-refractivity contribution in [2.75, 3.05) is 5.75 Å². The molecule has 0 atom stereocenters. The third kappa shape index (κ3) is 16.5. The largest absolute Gasteiger partial charge is 0.726 e. The van der Waals surface area contributed by atoms with Crippen LogP contribution in [0.3, 0.4) is 0 Å². The van der Waals surface area contributed by atoms with E-state index in [-0.39, 0.29) is 0 Å². The maximum atomic E-state index is 8.63. The van der Waals surface area contributed by atoms with Gasteiger partial charge in [0.1, 0.15) is 0 Å². The van der Waals surface area contributed by atoms with Gasteiger partial charge in [0, 0.05) is 6.42 Å². The van der Waals surface area contributed by atoms with E-state index in [1.54, 1.807) is 0 Å². The summed E-state index contributed by atoms with van der Waals surface area (Å²) < 4.78 is 39.6. The molecule has 0 aromatic rings. The number of nitrogens with one attached hydrogen (secondary N) is 1. The Morgan fingerprint density at radius 2 is 2.00 bits per heavy atom. The van der Waals surface area contributed by atoms with Gasteiger partial charge in [0.15, 0.2) is 0 Å². The second kappa shape index (κ2) is 5.52. The quantitative estimate of drug-likeness (QED) is 0.408. The summed E-state index contributed by atoms with van der Waals surface area (Å²) in [7, 11) is -4.92. The molecule has 0 saturated heterocycles. The number of rotatable bonds is 3. The van der Waals surface area contributed by atoms with Crippen molar-refractivity contribution < 1.29 is 17.5 Å². The summed E-state index contributed by atoms with van der Waals surface area (Å²) in [4.78, 5) is 0. The molecule has 1 rings (SSSR count). The first-order valence-electron chi connectivity index (χ1n) is 3.40. The minimum Gasteiger partial charge on any atom is -0.726 e. The van der Waals surface area contributed by atoms with Crippen LogP contribution in [0.2, 0.25) is 0 Å². The van der Waals surface area contributed by atoms with Crippen LogP contribution in [0.15, 0.2) is 0 Å². The predicted molar refractivity (Wildman–Crippen MR) is 44.6 cm³/mol. The van der Waals surface area contributed by atoms with Crippen LogP contribution < -0.4 is 0 Å². The number of hydrogen-bond acceptors (Lipinski definition) is 4. The highest BCUT2D eigenvalue weighted by Crippen LogP contribution is 2.31. The Bertz CT molecular complexity index is 214. The molecule has 1 fully saturated rings. The normalized spacial score (nSPS) is 16.2. The van der Waals surface area contributed by atoms with Gasteiger partial charge in [-0.25, -0.2) is 8.42 Å². The van der Waals surface area contributed by atoms with Crippen molar-refractivity contribution in [2.24, 2.45) is 5.92 Å². The first kappa shape index (κ1) is 11.9. The van der Waals surface area contributed by atoms with Gasteiger partial charge in [0.05, 0.1) is 0 Å². The Morgan fingerprint density at radius 3 is 2.25 bits per heavy atom. The van der Waals surface area contributed by atoms with Crippen LogP contribution in [0.4, 0.5) is 0 Å². The van der Waals surface area contributed by atoms with E-state index in [0.717, 1.165) is 11.7 Å². The predicted octanol–water partition coefficient (Wildman–Crippen LogP) is 0.636. The maximum absolute atomic E-state index is 8.63. The highest BCUT2D eigenvalue weighted by atomic mass is 32.3. The third-order valence-corrected chi connectivity index (χ3v) is 1.76. The lowest BCUT2D eigenvalue weighted by Gasteiger charge is -1.88. The lowest BCUT2D eigenvalue weighted by Crippen LogP contribution is -1.90. The Morgan fingerprint density at radius 1 is 1.58 bits per heavy atom. The molecule has 1 aliphatic rings. The Hall–Kier alpha value is -0.110. The second-order valence-electron chi connectivity index (χ2n) is 2.51. The first-order valence-corrected chi connectivity index (χ1v) is 5.75. The van der Waals surface area contributed by atoms with Crippen molar-refractivity contribution >= 4 is 22.0 Å². The zero-order valence-corrected chi connectivity index (χ0v) is 8.03.